The predicted octanol–water partition coefficient (Wildman–Crippen LogP) is 1.91. The quantitative estimate of drug-likeness (QED) is 0.750. The third kappa shape index (κ3) is 4.59. The molecule has 0 radical (unpaired) electrons. The minimum atomic E-state index is -0.550. The number of phenolic OH excluding ortho intramolecular Hbond substituents is 1. The van der Waals surface area contributed by atoms with Crippen molar-refractivity contribution >= 4 is 5.91 Å². The smallest absolute Gasteiger partial charge is 0.255 e. The largest absolute Gasteiger partial charge is 0.507 e. The highest BCUT2D eigenvalue weighted by Gasteiger charge is 2.26. The summed E-state index contributed by atoms with van der Waals surface area (Å²) in [4.78, 5) is 12.4. The Hall–Kier alpha value is -2.37. The second kappa shape index (κ2) is 8.14. The van der Waals surface area contributed by atoms with E-state index >= 15 is 0 Å². The first-order chi connectivity index (χ1) is 12.1. The van der Waals surface area contributed by atoms with Crippen LogP contribution in [0.5, 0.6) is 5.75 Å². The molecule has 0 bridgehead atoms. The molecule has 0 unspecified atom stereocenters. The number of phenols is 1. The number of aromatic hydroxyl groups is 1. The summed E-state index contributed by atoms with van der Waals surface area (Å²) in [5.41, 5.74) is 2.49. The van der Waals surface area contributed by atoms with Crippen LogP contribution in [0.1, 0.15) is 21.5 Å². The second-order valence-corrected chi connectivity index (χ2v) is 6.41. The van der Waals surface area contributed by atoms with Crippen molar-refractivity contribution < 1.29 is 19.7 Å². The molecule has 5 heteroatoms. The fourth-order valence-corrected chi connectivity index (χ4v) is 2.96. The Morgan fingerprint density at radius 1 is 1.08 bits per heavy atom. The number of aryl methyl sites for hydroxylation is 2. The molecule has 5 nitrogen and oxygen atoms in total. The van der Waals surface area contributed by atoms with E-state index in [1.165, 1.54) is 5.56 Å². The molecule has 2 atom stereocenters. The Morgan fingerprint density at radius 2 is 1.84 bits per heavy atom. The van der Waals surface area contributed by atoms with E-state index in [-0.39, 0.29) is 23.1 Å². The Morgan fingerprint density at radius 3 is 2.56 bits per heavy atom. The van der Waals surface area contributed by atoms with Gasteiger partial charge < -0.3 is 20.3 Å². The van der Waals surface area contributed by atoms with E-state index in [4.69, 9.17) is 4.74 Å². The van der Waals surface area contributed by atoms with Crippen LogP contribution in [0.4, 0.5) is 0 Å². The van der Waals surface area contributed by atoms with Crippen molar-refractivity contribution in [2.24, 2.45) is 5.92 Å². The van der Waals surface area contributed by atoms with Crippen LogP contribution in [0.15, 0.2) is 48.5 Å². The van der Waals surface area contributed by atoms with Crippen LogP contribution in [0, 0.1) is 5.92 Å². The van der Waals surface area contributed by atoms with Crippen LogP contribution >= 0.6 is 0 Å². The van der Waals surface area contributed by atoms with Crippen molar-refractivity contribution in [3.63, 3.8) is 0 Å². The number of benzene rings is 2. The van der Waals surface area contributed by atoms with Crippen molar-refractivity contribution in [3.05, 3.63) is 65.2 Å². The highest BCUT2D eigenvalue weighted by atomic mass is 16.5. The molecule has 0 saturated carbocycles. The number of hydrogen-bond donors (Lipinski definition) is 3. The van der Waals surface area contributed by atoms with E-state index in [1.807, 2.05) is 24.3 Å². The summed E-state index contributed by atoms with van der Waals surface area (Å²) in [7, 11) is 0. The van der Waals surface area contributed by atoms with Crippen molar-refractivity contribution in [1.82, 2.24) is 5.32 Å². The molecule has 2 aromatic carbocycles. The molecular formula is C20H23NO4. The number of carbonyl (C=O) groups excluding carboxylic acids is 1. The first-order valence-electron chi connectivity index (χ1n) is 8.53. The molecule has 3 N–H and O–H groups in total. The van der Waals surface area contributed by atoms with Crippen LogP contribution < -0.4 is 5.32 Å². The van der Waals surface area contributed by atoms with Crippen molar-refractivity contribution in [2.45, 2.75) is 18.9 Å². The molecule has 1 heterocycles. The molecule has 1 saturated heterocycles. The molecule has 1 amide bonds. The third-order valence-corrected chi connectivity index (χ3v) is 4.54. The van der Waals surface area contributed by atoms with Gasteiger partial charge >= 0.3 is 0 Å². The number of carbonyl (C=O) groups is 1. The Kier molecular flexibility index (Phi) is 5.68. The number of aliphatic hydroxyl groups is 1. The van der Waals surface area contributed by atoms with Crippen LogP contribution in [-0.4, -0.2) is 42.0 Å². The van der Waals surface area contributed by atoms with Gasteiger partial charge in [0.2, 0.25) is 0 Å². The van der Waals surface area contributed by atoms with Crippen molar-refractivity contribution in [2.75, 3.05) is 19.8 Å². The van der Waals surface area contributed by atoms with Gasteiger partial charge in [-0.2, -0.15) is 0 Å². The zero-order chi connectivity index (χ0) is 17.6. The summed E-state index contributed by atoms with van der Waals surface area (Å²) in [5.74, 6) is -0.477. The molecule has 3 rings (SSSR count). The zero-order valence-corrected chi connectivity index (χ0v) is 14.0. The van der Waals surface area contributed by atoms with Crippen LogP contribution in [-0.2, 0) is 17.6 Å². The SMILES string of the molecule is O=C(NC[C@H]1COC[C@H]1O)c1cc(CCc2ccccc2)ccc1O. The fraction of sp³-hybridized carbons (Fsp3) is 0.350. The van der Waals surface area contributed by atoms with E-state index in [0.717, 1.165) is 18.4 Å². The van der Waals surface area contributed by atoms with Gasteiger partial charge in [0.15, 0.2) is 0 Å². The average molecular weight is 341 g/mol. The molecule has 0 aromatic heterocycles. The summed E-state index contributed by atoms with van der Waals surface area (Å²) in [5, 5.41) is 22.5. The van der Waals surface area contributed by atoms with Gasteiger partial charge in [-0.25, -0.2) is 0 Å². The molecule has 25 heavy (non-hydrogen) atoms. The molecule has 0 aliphatic carbocycles. The number of aliphatic hydroxyl groups excluding tert-OH is 1. The third-order valence-electron chi connectivity index (χ3n) is 4.54. The van der Waals surface area contributed by atoms with Gasteiger partial charge in [-0.3, -0.25) is 4.79 Å². The number of ether oxygens (including phenoxy) is 1. The van der Waals surface area contributed by atoms with Crippen molar-refractivity contribution in [1.29, 1.82) is 0 Å². The lowest BCUT2D eigenvalue weighted by Gasteiger charge is -2.14. The van der Waals surface area contributed by atoms with Gasteiger partial charge in [0.1, 0.15) is 5.75 Å². The lowest BCUT2D eigenvalue weighted by atomic mass is 10.0. The second-order valence-electron chi connectivity index (χ2n) is 6.41. The molecule has 1 aliphatic heterocycles. The lowest BCUT2D eigenvalue weighted by Crippen LogP contribution is -2.34. The highest BCUT2D eigenvalue weighted by Crippen LogP contribution is 2.20. The van der Waals surface area contributed by atoms with Gasteiger partial charge in [0.25, 0.3) is 5.91 Å². The van der Waals surface area contributed by atoms with Crippen LogP contribution in [0.25, 0.3) is 0 Å². The summed E-state index contributed by atoms with van der Waals surface area (Å²) in [6.07, 6.45) is 1.11. The monoisotopic (exact) mass is 341 g/mol. The van der Waals surface area contributed by atoms with Gasteiger partial charge in [-0.15, -0.1) is 0 Å². The predicted molar refractivity (Wildman–Crippen MR) is 94.6 cm³/mol. The maximum atomic E-state index is 12.4. The summed E-state index contributed by atoms with van der Waals surface area (Å²) < 4.78 is 5.17. The van der Waals surface area contributed by atoms with Gasteiger partial charge in [0, 0.05) is 12.5 Å². The fourth-order valence-electron chi connectivity index (χ4n) is 2.96. The highest BCUT2D eigenvalue weighted by molar-refractivity contribution is 5.97. The van der Waals surface area contributed by atoms with E-state index in [2.05, 4.69) is 17.4 Å². The van der Waals surface area contributed by atoms with E-state index in [9.17, 15) is 15.0 Å². The van der Waals surface area contributed by atoms with E-state index in [1.54, 1.807) is 12.1 Å². The Balaban J connectivity index is 1.61. The molecule has 0 spiro atoms. The maximum absolute atomic E-state index is 12.4. The normalized spacial score (nSPS) is 19.7. The van der Waals surface area contributed by atoms with E-state index < -0.39 is 6.10 Å². The molecule has 132 valence electrons. The first kappa shape index (κ1) is 17.5. The van der Waals surface area contributed by atoms with Crippen LogP contribution in [0.3, 0.4) is 0 Å². The summed E-state index contributed by atoms with van der Waals surface area (Å²) in [6.45, 7) is 1.07. The molecule has 1 fully saturated rings. The number of rotatable bonds is 6. The van der Waals surface area contributed by atoms with Gasteiger partial charge in [0.05, 0.1) is 24.9 Å². The standard InChI is InChI=1S/C20H23NO4/c22-18-9-8-15(7-6-14-4-2-1-3-5-14)10-17(18)20(24)21-11-16-12-25-13-19(16)23/h1-5,8-10,16,19,22-23H,6-7,11-13H2,(H,21,24)/t16-,19+/m0/s1. The zero-order valence-electron chi connectivity index (χ0n) is 14.0. The van der Waals surface area contributed by atoms with Gasteiger partial charge in [-0.05, 0) is 36.1 Å². The maximum Gasteiger partial charge on any atom is 0.255 e. The minimum Gasteiger partial charge on any atom is -0.507 e. The minimum absolute atomic E-state index is 0.0378. The number of nitrogens with one attached hydrogen (secondary N) is 1. The average Bonchev–Trinajstić information content (AvgIpc) is 3.05. The van der Waals surface area contributed by atoms with Gasteiger partial charge in [-0.1, -0.05) is 36.4 Å². The lowest BCUT2D eigenvalue weighted by molar-refractivity contribution is 0.0922. The summed E-state index contributed by atoms with van der Waals surface area (Å²) in [6, 6.07) is 15.3. The topological polar surface area (TPSA) is 78.8 Å². The number of amides is 1. The first-order valence-corrected chi connectivity index (χ1v) is 8.53. The Labute approximate surface area is 147 Å². The summed E-state index contributed by atoms with van der Waals surface area (Å²) >= 11 is 0. The number of hydrogen-bond acceptors (Lipinski definition) is 4. The van der Waals surface area contributed by atoms with Crippen molar-refractivity contribution in [3.8, 4) is 5.75 Å². The molecular weight excluding hydrogens is 318 g/mol. The molecule has 2 aromatic rings. The van der Waals surface area contributed by atoms with Crippen LogP contribution in [0.2, 0.25) is 0 Å². The molecule has 1 aliphatic rings. The van der Waals surface area contributed by atoms with E-state index in [0.29, 0.717) is 19.8 Å². The Bertz CT molecular complexity index is 717.